The second-order valence-electron chi connectivity index (χ2n) is 11.2. The van der Waals surface area contributed by atoms with Gasteiger partial charge in [-0.2, -0.15) is 0 Å². The normalized spacial score (nSPS) is 14.7. The van der Waals surface area contributed by atoms with Gasteiger partial charge in [0.2, 0.25) is 15.9 Å². The minimum absolute atomic E-state index is 0.0873. The Hall–Kier alpha value is -4.02. The molecule has 3 aromatic carbocycles. The maximum absolute atomic E-state index is 13.8. The van der Waals surface area contributed by atoms with E-state index in [1.807, 2.05) is 62.4 Å². The molecular formula is C32H37N5O4S. The summed E-state index contributed by atoms with van der Waals surface area (Å²) in [6, 6.07) is 18.8. The number of aryl methyl sites for hydroxylation is 2. The van der Waals surface area contributed by atoms with Crippen molar-refractivity contribution in [2.45, 2.75) is 39.3 Å². The van der Waals surface area contributed by atoms with Gasteiger partial charge >= 0.3 is 0 Å². The molecule has 10 heteroatoms. The molecule has 4 aromatic rings. The molecule has 2 heterocycles. The molecule has 1 aliphatic rings. The van der Waals surface area contributed by atoms with Gasteiger partial charge in [-0.1, -0.05) is 42.5 Å². The molecule has 1 aliphatic heterocycles. The lowest BCUT2D eigenvalue weighted by Gasteiger charge is -2.32. The van der Waals surface area contributed by atoms with Crippen LogP contribution in [0.3, 0.4) is 0 Å². The summed E-state index contributed by atoms with van der Waals surface area (Å²) in [6.07, 6.45) is 4.67. The molecule has 0 bridgehead atoms. The zero-order valence-corrected chi connectivity index (χ0v) is 25.3. The maximum atomic E-state index is 13.8. The highest BCUT2D eigenvalue weighted by Gasteiger charge is 2.26. The van der Waals surface area contributed by atoms with Gasteiger partial charge < -0.3 is 9.80 Å². The third kappa shape index (κ3) is 6.55. The fraction of sp³-hybridized carbons (Fsp3) is 0.344. The first-order valence-corrected chi connectivity index (χ1v) is 16.0. The lowest BCUT2D eigenvalue weighted by atomic mass is 9.98. The van der Waals surface area contributed by atoms with Gasteiger partial charge in [0.05, 0.1) is 35.2 Å². The fourth-order valence-corrected chi connectivity index (χ4v) is 6.15. The molecular weight excluding hydrogens is 550 g/mol. The Morgan fingerprint density at radius 1 is 1.02 bits per heavy atom. The zero-order valence-electron chi connectivity index (χ0n) is 24.5. The van der Waals surface area contributed by atoms with Crippen LogP contribution >= 0.6 is 0 Å². The van der Waals surface area contributed by atoms with Crippen LogP contribution in [-0.2, 0) is 21.4 Å². The molecule has 0 spiro atoms. The first-order chi connectivity index (χ1) is 20.0. The Morgan fingerprint density at radius 2 is 1.69 bits per heavy atom. The number of para-hydroxylation sites is 1. The highest BCUT2D eigenvalue weighted by molar-refractivity contribution is 7.92. The number of carbonyl (C=O) groups excluding carboxylic acids is 1. The first-order valence-electron chi connectivity index (χ1n) is 14.1. The van der Waals surface area contributed by atoms with E-state index in [0.29, 0.717) is 23.3 Å². The maximum Gasteiger partial charge on any atom is 0.269 e. The molecule has 42 heavy (non-hydrogen) atoms. The number of likely N-dealkylation sites (N-methyl/N-ethyl adjacent to an activating group) is 1. The Morgan fingerprint density at radius 3 is 2.38 bits per heavy atom. The third-order valence-electron chi connectivity index (χ3n) is 8.07. The number of rotatable bonds is 9. The number of benzene rings is 3. The number of hydrogen-bond acceptors (Lipinski definition) is 6. The Labute approximate surface area is 246 Å². The molecule has 5 rings (SSSR count). The highest BCUT2D eigenvalue weighted by Crippen LogP contribution is 2.31. The lowest BCUT2D eigenvalue weighted by Crippen LogP contribution is -2.41. The zero-order chi connectivity index (χ0) is 30.0. The lowest BCUT2D eigenvalue weighted by molar-refractivity contribution is -0.133. The number of aromatic nitrogens is 2. The van der Waals surface area contributed by atoms with Crippen LogP contribution in [0.25, 0.3) is 22.2 Å². The van der Waals surface area contributed by atoms with Gasteiger partial charge in [-0.05, 0) is 80.2 Å². The molecule has 0 radical (unpaired) electrons. The van der Waals surface area contributed by atoms with Gasteiger partial charge in [-0.3, -0.25) is 18.9 Å². The van der Waals surface area contributed by atoms with Crippen LogP contribution in [0, 0.1) is 13.8 Å². The third-order valence-corrected chi connectivity index (χ3v) is 8.67. The van der Waals surface area contributed by atoms with Crippen LogP contribution in [0.5, 0.6) is 0 Å². The van der Waals surface area contributed by atoms with Crippen molar-refractivity contribution in [3.63, 3.8) is 0 Å². The van der Waals surface area contributed by atoms with Crippen LogP contribution in [0.2, 0.25) is 0 Å². The van der Waals surface area contributed by atoms with E-state index in [1.165, 1.54) is 10.8 Å². The van der Waals surface area contributed by atoms with E-state index in [1.54, 1.807) is 24.1 Å². The number of fused-ring (bicyclic) bond motifs is 1. The summed E-state index contributed by atoms with van der Waals surface area (Å²) in [7, 11) is -1.64. The number of sulfonamides is 1. The average molecular weight is 588 g/mol. The summed E-state index contributed by atoms with van der Waals surface area (Å²) < 4.78 is 27.9. The Balaban J connectivity index is 1.45. The van der Waals surface area contributed by atoms with Crippen LogP contribution in [0.4, 0.5) is 5.69 Å². The van der Waals surface area contributed by atoms with E-state index in [2.05, 4.69) is 14.6 Å². The molecule has 0 saturated carbocycles. The van der Waals surface area contributed by atoms with Gasteiger partial charge in [-0.25, -0.2) is 13.4 Å². The van der Waals surface area contributed by atoms with E-state index >= 15 is 0 Å². The van der Waals surface area contributed by atoms with Gasteiger partial charge in [-0.15, -0.1) is 0 Å². The van der Waals surface area contributed by atoms with Crippen LogP contribution in [0.15, 0.2) is 71.7 Å². The van der Waals surface area contributed by atoms with E-state index < -0.39 is 10.0 Å². The van der Waals surface area contributed by atoms with Crippen molar-refractivity contribution in [2.24, 2.45) is 0 Å². The summed E-state index contributed by atoms with van der Waals surface area (Å²) >= 11 is 0. The average Bonchev–Trinajstić information content (AvgIpc) is 3.47. The van der Waals surface area contributed by atoms with Crippen LogP contribution < -0.4 is 10.3 Å². The fourth-order valence-electron chi connectivity index (χ4n) is 5.57. The van der Waals surface area contributed by atoms with E-state index in [9.17, 15) is 18.0 Å². The molecule has 220 valence electrons. The number of anilines is 1. The summed E-state index contributed by atoms with van der Waals surface area (Å²) in [4.78, 5) is 35.1. The Kier molecular flexibility index (Phi) is 8.47. The number of likely N-dealkylation sites (tertiary alicyclic amines) is 1. The molecule has 1 N–H and O–H groups in total. The molecule has 1 fully saturated rings. The van der Waals surface area contributed by atoms with Crippen molar-refractivity contribution in [3.05, 3.63) is 93.9 Å². The number of hydrogen-bond donors (Lipinski definition) is 1. The molecule has 9 nitrogen and oxygen atoms in total. The van der Waals surface area contributed by atoms with Crippen LogP contribution in [-0.4, -0.2) is 66.6 Å². The van der Waals surface area contributed by atoms with Crippen molar-refractivity contribution >= 4 is 32.7 Å². The first kappa shape index (κ1) is 29.5. The van der Waals surface area contributed by atoms with Crippen molar-refractivity contribution in [2.75, 3.05) is 37.7 Å². The second kappa shape index (κ2) is 12.1. The SMILES string of the molecule is Cc1cc2ncc(=O)n(CC(=O)N(C)C(CN3CCCC3)c3ccc(-c4ccccc4NS(C)(=O)=O)cc3)c2cc1C. The number of amides is 1. The summed E-state index contributed by atoms with van der Waals surface area (Å²) in [6.45, 7) is 6.53. The van der Waals surface area contributed by atoms with E-state index in [0.717, 1.165) is 60.0 Å². The molecule has 1 unspecified atom stereocenters. The van der Waals surface area contributed by atoms with Crippen molar-refractivity contribution in [1.82, 2.24) is 19.4 Å². The summed E-state index contributed by atoms with van der Waals surface area (Å²) in [5.41, 5.74) is 6.23. The summed E-state index contributed by atoms with van der Waals surface area (Å²) in [5, 5.41) is 0. The standard InChI is InChI=1S/C32H37N5O4S/c1-22-17-28-29(18-23(22)2)37(31(38)19-33-28)21-32(39)35(3)30(20-36-15-7-8-16-36)25-13-11-24(12-14-25)26-9-5-6-10-27(26)34-42(4,40)41/h5-6,9-14,17-19,30,34H,7-8,15-16,20-21H2,1-4H3. The van der Waals surface area contributed by atoms with Crippen LogP contribution in [0.1, 0.15) is 35.6 Å². The van der Waals surface area contributed by atoms with Crippen molar-refractivity contribution < 1.29 is 13.2 Å². The predicted octanol–water partition coefficient (Wildman–Crippen LogP) is 4.35. The molecule has 1 amide bonds. The van der Waals surface area contributed by atoms with E-state index in [4.69, 9.17) is 0 Å². The number of nitrogens with zero attached hydrogens (tertiary/aromatic N) is 4. The smallest absolute Gasteiger partial charge is 0.269 e. The minimum Gasteiger partial charge on any atom is -0.336 e. The predicted molar refractivity (Wildman–Crippen MR) is 167 cm³/mol. The van der Waals surface area contributed by atoms with Gasteiger partial charge in [0.25, 0.3) is 5.56 Å². The van der Waals surface area contributed by atoms with Crippen molar-refractivity contribution in [3.8, 4) is 11.1 Å². The quantitative estimate of drug-likeness (QED) is 0.312. The summed E-state index contributed by atoms with van der Waals surface area (Å²) in [5.74, 6) is -0.168. The van der Waals surface area contributed by atoms with E-state index in [-0.39, 0.29) is 24.1 Å². The topological polar surface area (TPSA) is 105 Å². The number of nitrogens with one attached hydrogen (secondary N) is 1. The minimum atomic E-state index is -3.44. The second-order valence-corrected chi connectivity index (χ2v) is 12.9. The highest BCUT2D eigenvalue weighted by atomic mass is 32.2. The molecule has 1 saturated heterocycles. The van der Waals surface area contributed by atoms with Crippen molar-refractivity contribution in [1.29, 1.82) is 0 Å². The van der Waals surface area contributed by atoms with Gasteiger partial charge in [0.1, 0.15) is 6.54 Å². The van der Waals surface area contributed by atoms with Gasteiger partial charge in [0, 0.05) is 19.2 Å². The largest absolute Gasteiger partial charge is 0.336 e. The molecule has 1 atom stereocenters. The monoisotopic (exact) mass is 587 g/mol. The number of carbonyl (C=O) groups is 1. The Bertz CT molecular complexity index is 1780. The molecule has 1 aromatic heterocycles. The molecule has 0 aliphatic carbocycles. The van der Waals surface area contributed by atoms with Gasteiger partial charge in [0.15, 0.2) is 0 Å².